The second-order valence-corrected chi connectivity index (χ2v) is 7.01. The van der Waals surface area contributed by atoms with Gasteiger partial charge >= 0.3 is 0 Å². The average Bonchev–Trinajstić information content (AvgIpc) is 2.74. The van der Waals surface area contributed by atoms with Crippen LogP contribution in [-0.4, -0.2) is 67.1 Å². The van der Waals surface area contributed by atoms with Crippen molar-refractivity contribution < 1.29 is 0 Å². The Kier molecular flexibility index (Phi) is 10.1. The maximum Gasteiger partial charge on any atom is 0.191 e. The van der Waals surface area contributed by atoms with Crippen molar-refractivity contribution >= 4 is 35.8 Å². The van der Waals surface area contributed by atoms with E-state index in [0.717, 1.165) is 68.7 Å². The van der Waals surface area contributed by atoms with E-state index >= 15 is 0 Å². The average molecular weight is 509 g/mol. The number of pyridine rings is 2. The Morgan fingerprint density at radius 1 is 1.07 bits per heavy atom. The van der Waals surface area contributed by atoms with Crippen LogP contribution in [0.1, 0.15) is 18.2 Å². The molecular weight excluding hydrogens is 477 g/mol. The molecular formula is C21H32IN7. The van der Waals surface area contributed by atoms with E-state index in [1.54, 1.807) is 0 Å². The van der Waals surface area contributed by atoms with Gasteiger partial charge in [0.25, 0.3) is 0 Å². The minimum absolute atomic E-state index is 0. The van der Waals surface area contributed by atoms with Crippen LogP contribution in [-0.2, 0) is 13.0 Å². The lowest BCUT2D eigenvalue weighted by Gasteiger charge is -2.33. The van der Waals surface area contributed by atoms with Crippen LogP contribution in [0.25, 0.3) is 0 Å². The Balaban J connectivity index is 0.00000300. The van der Waals surface area contributed by atoms with Crippen LogP contribution in [0.4, 0.5) is 5.82 Å². The standard InChI is InChI=1S/C21H31N7.HI/c1-3-22-21(24-11-9-19-6-4-5-10-23-19)26-17-18-7-8-20(25-16-18)28-14-12-27(2)13-15-28;/h4-8,10,16H,3,9,11-15,17H2,1-2H3,(H2,22,24,26);1H. The molecule has 29 heavy (non-hydrogen) atoms. The summed E-state index contributed by atoms with van der Waals surface area (Å²) in [5.74, 6) is 1.88. The Morgan fingerprint density at radius 2 is 1.90 bits per heavy atom. The second-order valence-electron chi connectivity index (χ2n) is 7.01. The summed E-state index contributed by atoms with van der Waals surface area (Å²) in [5.41, 5.74) is 2.19. The van der Waals surface area contributed by atoms with E-state index < -0.39 is 0 Å². The Labute approximate surface area is 191 Å². The first-order valence-corrected chi connectivity index (χ1v) is 10.0. The highest BCUT2D eigenvalue weighted by molar-refractivity contribution is 14.0. The molecule has 0 radical (unpaired) electrons. The zero-order valence-electron chi connectivity index (χ0n) is 17.3. The zero-order chi connectivity index (χ0) is 19.6. The fourth-order valence-corrected chi connectivity index (χ4v) is 3.10. The number of nitrogens with zero attached hydrogens (tertiary/aromatic N) is 5. The summed E-state index contributed by atoms with van der Waals surface area (Å²) in [4.78, 5) is 18.4. The summed E-state index contributed by atoms with van der Waals surface area (Å²) >= 11 is 0. The largest absolute Gasteiger partial charge is 0.357 e. The Hall–Kier alpha value is -1.94. The fraction of sp³-hybridized carbons (Fsp3) is 0.476. The SMILES string of the molecule is CCNC(=NCc1ccc(N2CCN(C)CC2)nc1)NCCc1ccccn1.I. The van der Waals surface area contributed by atoms with Crippen molar-refractivity contribution in [3.63, 3.8) is 0 Å². The first-order chi connectivity index (χ1) is 13.7. The quantitative estimate of drug-likeness (QED) is 0.339. The summed E-state index contributed by atoms with van der Waals surface area (Å²) in [5, 5.41) is 6.66. The molecule has 1 aliphatic heterocycles. The number of likely N-dealkylation sites (N-methyl/N-ethyl adjacent to an activating group) is 1. The van der Waals surface area contributed by atoms with Gasteiger partial charge in [-0.25, -0.2) is 9.98 Å². The van der Waals surface area contributed by atoms with Crippen LogP contribution in [0.15, 0.2) is 47.7 Å². The van der Waals surface area contributed by atoms with Gasteiger partial charge in [-0.3, -0.25) is 4.98 Å². The van der Waals surface area contributed by atoms with Gasteiger partial charge in [-0.05, 0) is 37.7 Å². The molecule has 7 nitrogen and oxygen atoms in total. The van der Waals surface area contributed by atoms with E-state index in [0.29, 0.717) is 6.54 Å². The molecule has 0 unspecified atom stereocenters. The molecule has 0 aliphatic carbocycles. The molecule has 2 N–H and O–H groups in total. The Bertz CT molecular complexity index is 728. The summed E-state index contributed by atoms with van der Waals surface area (Å²) in [6.45, 7) is 8.54. The molecule has 0 amide bonds. The minimum atomic E-state index is 0. The van der Waals surface area contributed by atoms with Crippen LogP contribution in [0.5, 0.6) is 0 Å². The molecule has 0 atom stereocenters. The third-order valence-electron chi connectivity index (χ3n) is 4.80. The predicted molar refractivity (Wildman–Crippen MR) is 130 cm³/mol. The summed E-state index contributed by atoms with van der Waals surface area (Å²) in [6, 6.07) is 10.2. The van der Waals surface area contributed by atoms with E-state index in [4.69, 9.17) is 0 Å². The second kappa shape index (κ2) is 12.6. The molecule has 2 aromatic rings. The number of aromatic nitrogens is 2. The van der Waals surface area contributed by atoms with Gasteiger partial charge in [-0.15, -0.1) is 24.0 Å². The number of halogens is 1. The number of nitrogens with one attached hydrogen (secondary N) is 2. The maximum atomic E-state index is 4.68. The van der Waals surface area contributed by atoms with Crippen LogP contribution in [0, 0.1) is 0 Å². The summed E-state index contributed by atoms with van der Waals surface area (Å²) < 4.78 is 0. The molecule has 3 heterocycles. The van der Waals surface area contributed by atoms with Crippen molar-refractivity contribution in [1.29, 1.82) is 0 Å². The van der Waals surface area contributed by atoms with Crippen molar-refractivity contribution in [3.8, 4) is 0 Å². The lowest BCUT2D eigenvalue weighted by atomic mass is 10.2. The molecule has 1 aliphatic rings. The van der Waals surface area contributed by atoms with E-state index in [9.17, 15) is 0 Å². The van der Waals surface area contributed by atoms with Crippen LogP contribution >= 0.6 is 24.0 Å². The number of hydrogen-bond acceptors (Lipinski definition) is 5. The van der Waals surface area contributed by atoms with E-state index in [1.165, 1.54) is 0 Å². The molecule has 0 spiro atoms. The maximum absolute atomic E-state index is 4.68. The van der Waals surface area contributed by atoms with Crippen LogP contribution < -0.4 is 15.5 Å². The molecule has 0 aromatic carbocycles. The lowest BCUT2D eigenvalue weighted by molar-refractivity contribution is 0.312. The first-order valence-electron chi connectivity index (χ1n) is 10.0. The first kappa shape index (κ1) is 23.3. The molecule has 1 fully saturated rings. The third-order valence-corrected chi connectivity index (χ3v) is 4.80. The normalized spacial score (nSPS) is 15.0. The van der Waals surface area contributed by atoms with Crippen molar-refractivity contribution in [2.75, 3.05) is 51.2 Å². The summed E-state index contributed by atoms with van der Waals surface area (Å²) in [6.07, 6.45) is 4.63. The number of hydrogen-bond donors (Lipinski definition) is 2. The number of guanidine groups is 1. The number of piperazine rings is 1. The smallest absolute Gasteiger partial charge is 0.191 e. The molecule has 8 heteroatoms. The number of rotatable bonds is 7. The van der Waals surface area contributed by atoms with E-state index in [-0.39, 0.29) is 24.0 Å². The molecule has 0 bridgehead atoms. The monoisotopic (exact) mass is 509 g/mol. The van der Waals surface area contributed by atoms with Gasteiger partial charge in [0, 0.05) is 63.8 Å². The van der Waals surface area contributed by atoms with Gasteiger partial charge in [0.2, 0.25) is 0 Å². The van der Waals surface area contributed by atoms with Crippen molar-refractivity contribution in [2.45, 2.75) is 19.9 Å². The van der Waals surface area contributed by atoms with Gasteiger partial charge < -0.3 is 20.4 Å². The molecule has 2 aromatic heterocycles. The van der Waals surface area contributed by atoms with Gasteiger partial charge in [0.05, 0.1) is 6.54 Å². The minimum Gasteiger partial charge on any atom is -0.357 e. The molecule has 158 valence electrons. The van der Waals surface area contributed by atoms with Gasteiger partial charge in [-0.2, -0.15) is 0 Å². The highest BCUT2D eigenvalue weighted by Gasteiger charge is 2.14. The molecule has 0 saturated carbocycles. The number of anilines is 1. The molecule has 3 rings (SSSR count). The topological polar surface area (TPSA) is 68.7 Å². The van der Waals surface area contributed by atoms with E-state index in [1.807, 2.05) is 30.6 Å². The fourth-order valence-electron chi connectivity index (χ4n) is 3.10. The lowest BCUT2D eigenvalue weighted by Crippen LogP contribution is -2.44. The van der Waals surface area contributed by atoms with E-state index in [2.05, 4.69) is 61.5 Å². The van der Waals surface area contributed by atoms with Gasteiger partial charge in [0.1, 0.15) is 5.82 Å². The third kappa shape index (κ3) is 7.77. The predicted octanol–water partition coefficient (Wildman–Crippen LogP) is 2.14. The Morgan fingerprint density at radius 3 is 2.55 bits per heavy atom. The van der Waals surface area contributed by atoms with Crippen molar-refractivity contribution in [3.05, 3.63) is 54.0 Å². The highest BCUT2D eigenvalue weighted by atomic mass is 127. The van der Waals surface area contributed by atoms with Crippen LogP contribution in [0.3, 0.4) is 0 Å². The van der Waals surface area contributed by atoms with Crippen molar-refractivity contribution in [1.82, 2.24) is 25.5 Å². The highest BCUT2D eigenvalue weighted by Crippen LogP contribution is 2.14. The zero-order valence-corrected chi connectivity index (χ0v) is 19.7. The van der Waals surface area contributed by atoms with Crippen LogP contribution in [0.2, 0.25) is 0 Å². The number of aliphatic imine (C=N–C) groups is 1. The van der Waals surface area contributed by atoms with Crippen molar-refractivity contribution in [2.24, 2.45) is 4.99 Å². The van der Waals surface area contributed by atoms with Gasteiger partial charge in [-0.1, -0.05) is 12.1 Å². The summed E-state index contributed by atoms with van der Waals surface area (Å²) in [7, 11) is 2.16. The van der Waals surface area contributed by atoms with Gasteiger partial charge in [0.15, 0.2) is 5.96 Å². The molecule has 1 saturated heterocycles.